The number of urea groups is 1. The van der Waals surface area contributed by atoms with E-state index in [1.54, 1.807) is 4.90 Å². The highest BCUT2D eigenvalue weighted by Crippen LogP contribution is 2.30. The number of hydrogen-bond donors (Lipinski definition) is 1. The van der Waals surface area contributed by atoms with E-state index < -0.39 is 11.9 Å². The number of carboxylic acid groups (broad SMARTS) is 1. The molecule has 0 spiro atoms. The van der Waals surface area contributed by atoms with Crippen LogP contribution in [0.25, 0.3) is 0 Å². The van der Waals surface area contributed by atoms with E-state index in [1.165, 1.54) is 0 Å². The van der Waals surface area contributed by atoms with Crippen LogP contribution in [0, 0.1) is 17.3 Å². The van der Waals surface area contributed by atoms with E-state index in [1.807, 2.05) is 11.8 Å². The summed E-state index contributed by atoms with van der Waals surface area (Å²) in [5, 5.41) is 9.13. The Hall–Kier alpha value is -1.26. The smallest absolute Gasteiger partial charge is 0.320 e. The zero-order chi connectivity index (χ0) is 14.2. The monoisotopic (exact) mass is 268 g/mol. The van der Waals surface area contributed by atoms with Crippen molar-refractivity contribution in [1.82, 2.24) is 9.80 Å². The van der Waals surface area contributed by atoms with Crippen molar-refractivity contribution in [2.75, 3.05) is 26.2 Å². The molecule has 0 saturated carbocycles. The van der Waals surface area contributed by atoms with Crippen LogP contribution >= 0.6 is 0 Å². The van der Waals surface area contributed by atoms with Gasteiger partial charge in [0.25, 0.3) is 0 Å². The minimum atomic E-state index is -0.790. The summed E-state index contributed by atoms with van der Waals surface area (Å²) in [6.45, 7) is 8.75. The quantitative estimate of drug-likeness (QED) is 0.790. The molecule has 1 N–H and O–H groups in total. The number of carbonyl (C=O) groups excluding carboxylic acids is 1. The first-order valence-electron chi connectivity index (χ1n) is 7.07. The zero-order valence-corrected chi connectivity index (χ0v) is 12.1. The molecule has 0 aromatic rings. The lowest BCUT2D eigenvalue weighted by atomic mass is 9.84. The fourth-order valence-corrected chi connectivity index (χ4v) is 3.23. The van der Waals surface area contributed by atoms with Crippen molar-refractivity contribution in [2.45, 2.75) is 33.6 Å². The van der Waals surface area contributed by atoms with E-state index in [0.29, 0.717) is 13.1 Å². The van der Waals surface area contributed by atoms with Gasteiger partial charge in [0, 0.05) is 26.2 Å². The summed E-state index contributed by atoms with van der Waals surface area (Å²) in [5.41, 5.74) is 0.172. The number of piperidine rings is 1. The van der Waals surface area contributed by atoms with Crippen LogP contribution in [-0.4, -0.2) is 53.1 Å². The predicted molar refractivity (Wildman–Crippen MR) is 71.8 cm³/mol. The third-order valence-electron chi connectivity index (χ3n) is 4.37. The molecule has 0 aromatic heterocycles. The molecule has 5 nitrogen and oxygen atoms in total. The first-order valence-corrected chi connectivity index (χ1v) is 7.07. The van der Waals surface area contributed by atoms with Gasteiger partial charge in [-0.05, 0) is 24.2 Å². The molecule has 2 aliphatic rings. The minimum Gasteiger partial charge on any atom is -0.481 e. The fourth-order valence-electron chi connectivity index (χ4n) is 3.23. The molecule has 0 bridgehead atoms. The molecule has 0 unspecified atom stereocenters. The topological polar surface area (TPSA) is 60.9 Å². The van der Waals surface area contributed by atoms with Crippen molar-refractivity contribution in [1.29, 1.82) is 0 Å². The number of rotatable bonds is 1. The van der Waals surface area contributed by atoms with Crippen LogP contribution in [-0.2, 0) is 4.79 Å². The second kappa shape index (κ2) is 5.02. The summed E-state index contributed by atoms with van der Waals surface area (Å²) < 4.78 is 0. The van der Waals surface area contributed by atoms with Gasteiger partial charge >= 0.3 is 12.0 Å². The third kappa shape index (κ3) is 3.01. The molecule has 2 heterocycles. The van der Waals surface area contributed by atoms with E-state index in [2.05, 4.69) is 13.8 Å². The Balaban J connectivity index is 1.99. The number of amides is 2. The Morgan fingerprint density at radius 1 is 1.21 bits per heavy atom. The molecule has 2 rings (SSSR count). The molecule has 19 heavy (non-hydrogen) atoms. The van der Waals surface area contributed by atoms with Crippen LogP contribution in [0.5, 0.6) is 0 Å². The van der Waals surface area contributed by atoms with Crippen molar-refractivity contribution in [3.63, 3.8) is 0 Å². The molecular weight excluding hydrogens is 244 g/mol. The Morgan fingerprint density at radius 3 is 2.42 bits per heavy atom. The molecule has 0 aliphatic carbocycles. The van der Waals surface area contributed by atoms with Gasteiger partial charge in [0.1, 0.15) is 0 Å². The molecule has 2 aliphatic heterocycles. The van der Waals surface area contributed by atoms with Crippen molar-refractivity contribution in [3.8, 4) is 0 Å². The summed E-state index contributed by atoms with van der Waals surface area (Å²) in [5.74, 6) is -1.16. The minimum absolute atomic E-state index is 0.0170. The number of likely N-dealkylation sites (tertiary alicyclic amines) is 2. The Labute approximate surface area is 114 Å². The summed E-state index contributed by atoms with van der Waals surface area (Å²) in [7, 11) is 0. The maximum atomic E-state index is 12.5. The predicted octanol–water partition coefficient (Wildman–Crippen LogP) is 1.88. The SMILES string of the molecule is C[C@@H]1CN(C(=O)N2CCCC(C)(C)C2)C[C@H]1C(=O)O. The van der Waals surface area contributed by atoms with Gasteiger partial charge in [-0.2, -0.15) is 0 Å². The third-order valence-corrected chi connectivity index (χ3v) is 4.37. The van der Waals surface area contributed by atoms with Crippen molar-refractivity contribution in [2.24, 2.45) is 17.3 Å². The molecular formula is C14H24N2O3. The molecule has 2 atom stereocenters. The zero-order valence-electron chi connectivity index (χ0n) is 12.1. The summed E-state index contributed by atoms with van der Waals surface area (Å²) >= 11 is 0. The van der Waals surface area contributed by atoms with Crippen molar-refractivity contribution in [3.05, 3.63) is 0 Å². The Morgan fingerprint density at radius 2 is 1.89 bits per heavy atom. The average Bonchev–Trinajstić information content (AvgIpc) is 2.69. The molecule has 0 radical (unpaired) electrons. The second-order valence-corrected chi connectivity index (χ2v) is 6.80. The molecule has 108 valence electrons. The van der Waals surface area contributed by atoms with Crippen LogP contribution in [0.2, 0.25) is 0 Å². The molecule has 2 fully saturated rings. The van der Waals surface area contributed by atoms with Gasteiger partial charge in [0.15, 0.2) is 0 Å². The molecule has 2 saturated heterocycles. The normalized spacial score (nSPS) is 30.5. The van der Waals surface area contributed by atoms with Gasteiger partial charge in [0.05, 0.1) is 5.92 Å². The first kappa shape index (κ1) is 14.2. The maximum Gasteiger partial charge on any atom is 0.320 e. The number of aliphatic carboxylic acids is 1. The lowest BCUT2D eigenvalue weighted by molar-refractivity contribution is -0.142. The van der Waals surface area contributed by atoms with Crippen molar-refractivity contribution >= 4 is 12.0 Å². The van der Waals surface area contributed by atoms with Crippen LogP contribution in [0.15, 0.2) is 0 Å². The van der Waals surface area contributed by atoms with Gasteiger partial charge < -0.3 is 14.9 Å². The lowest BCUT2D eigenvalue weighted by Gasteiger charge is -2.39. The maximum absolute atomic E-state index is 12.5. The summed E-state index contributed by atoms with van der Waals surface area (Å²) in [6, 6.07) is 0.0170. The number of hydrogen-bond acceptors (Lipinski definition) is 2. The molecule has 2 amide bonds. The van der Waals surface area contributed by atoms with E-state index in [-0.39, 0.29) is 17.4 Å². The molecule has 5 heteroatoms. The van der Waals surface area contributed by atoms with E-state index in [0.717, 1.165) is 25.9 Å². The summed E-state index contributed by atoms with van der Waals surface area (Å²) in [4.78, 5) is 27.2. The largest absolute Gasteiger partial charge is 0.481 e. The van der Waals surface area contributed by atoms with Gasteiger partial charge in [-0.15, -0.1) is 0 Å². The van der Waals surface area contributed by atoms with Crippen LogP contribution in [0.1, 0.15) is 33.6 Å². The van der Waals surface area contributed by atoms with Gasteiger partial charge in [-0.25, -0.2) is 4.79 Å². The van der Waals surface area contributed by atoms with Gasteiger partial charge in [0.2, 0.25) is 0 Å². The highest BCUT2D eigenvalue weighted by atomic mass is 16.4. The van der Waals surface area contributed by atoms with E-state index in [4.69, 9.17) is 5.11 Å². The number of carbonyl (C=O) groups is 2. The highest BCUT2D eigenvalue weighted by Gasteiger charge is 2.39. The fraction of sp³-hybridized carbons (Fsp3) is 0.857. The van der Waals surface area contributed by atoms with E-state index >= 15 is 0 Å². The van der Waals surface area contributed by atoms with Crippen molar-refractivity contribution < 1.29 is 14.7 Å². The van der Waals surface area contributed by atoms with Crippen LogP contribution in [0.4, 0.5) is 4.79 Å². The first-order chi connectivity index (χ1) is 8.80. The van der Waals surface area contributed by atoms with Crippen LogP contribution in [0.3, 0.4) is 0 Å². The Bertz CT molecular complexity index is 381. The standard InChI is InChI=1S/C14H24N2O3/c1-10-7-16(8-11(10)12(17)18)13(19)15-6-4-5-14(2,3)9-15/h10-11H,4-9H2,1-3H3,(H,17,18)/t10-,11-/m1/s1. The van der Waals surface area contributed by atoms with Gasteiger partial charge in [-0.1, -0.05) is 20.8 Å². The second-order valence-electron chi connectivity index (χ2n) is 6.80. The lowest BCUT2D eigenvalue weighted by Crippen LogP contribution is -2.49. The molecule has 0 aromatic carbocycles. The Kier molecular flexibility index (Phi) is 3.74. The van der Waals surface area contributed by atoms with E-state index in [9.17, 15) is 9.59 Å². The van der Waals surface area contributed by atoms with Crippen LogP contribution < -0.4 is 0 Å². The highest BCUT2D eigenvalue weighted by molar-refractivity contribution is 5.78. The van der Waals surface area contributed by atoms with Gasteiger partial charge in [-0.3, -0.25) is 4.79 Å². The number of carboxylic acids is 1. The average molecular weight is 268 g/mol. The number of nitrogens with zero attached hydrogens (tertiary/aromatic N) is 2. The summed E-state index contributed by atoms with van der Waals surface area (Å²) in [6.07, 6.45) is 2.18.